The molecule has 240 valence electrons. The Morgan fingerprint density at radius 2 is 1.46 bits per heavy atom. The van der Waals surface area contributed by atoms with Crippen molar-refractivity contribution in [1.29, 1.82) is 0 Å². The van der Waals surface area contributed by atoms with Gasteiger partial charge in [-0.25, -0.2) is 4.79 Å². The van der Waals surface area contributed by atoms with Crippen LogP contribution < -0.4 is 4.74 Å². The highest BCUT2D eigenvalue weighted by molar-refractivity contribution is 5.88. The Labute approximate surface area is 273 Å². The van der Waals surface area contributed by atoms with Crippen LogP contribution in [0.4, 0.5) is 0 Å². The molecule has 5 nitrogen and oxygen atoms in total. The molecule has 0 saturated carbocycles. The second-order valence-corrected chi connectivity index (χ2v) is 12.7. The van der Waals surface area contributed by atoms with E-state index in [-0.39, 0.29) is 6.42 Å². The molecule has 0 aliphatic heterocycles. The smallest absolute Gasteiger partial charge is 0.335 e. The maximum absolute atomic E-state index is 11.6. The molecule has 2 N–H and O–H groups in total. The lowest BCUT2D eigenvalue weighted by Crippen LogP contribution is -2.20. The van der Waals surface area contributed by atoms with E-state index in [0.717, 1.165) is 75.5 Å². The predicted octanol–water partition coefficient (Wildman–Crippen LogP) is 9.45. The topological polar surface area (TPSA) is 83.8 Å². The number of carbonyl (C=O) groups is 2. The number of rotatable bonds is 17. The first-order chi connectivity index (χ1) is 22.5. The molecule has 0 radical (unpaired) electrons. The number of aromatic carboxylic acids is 1. The lowest BCUT2D eigenvalue weighted by Gasteiger charge is -2.33. The number of para-hydroxylation sites is 1. The van der Waals surface area contributed by atoms with Gasteiger partial charge in [-0.3, -0.25) is 4.79 Å². The zero-order valence-corrected chi connectivity index (χ0v) is 26.7. The van der Waals surface area contributed by atoms with Crippen LogP contribution in [0.25, 0.3) is 0 Å². The van der Waals surface area contributed by atoms with Gasteiger partial charge in [0.05, 0.1) is 5.56 Å². The second-order valence-electron chi connectivity index (χ2n) is 12.7. The molecule has 2 atom stereocenters. The fourth-order valence-corrected chi connectivity index (χ4v) is 6.97. The van der Waals surface area contributed by atoms with E-state index in [1.54, 1.807) is 6.07 Å². The van der Waals surface area contributed by atoms with Gasteiger partial charge in [0.2, 0.25) is 0 Å². The normalized spacial score (nSPS) is 14.7. The number of fused-ring (bicyclic) bond motifs is 1. The van der Waals surface area contributed by atoms with Crippen molar-refractivity contribution >= 4 is 11.9 Å². The van der Waals surface area contributed by atoms with E-state index < -0.39 is 11.9 Å². The summed E-state index contributed by atoms with van der Waals surface area (Å²) in [5, 5.41) is 18.6. The Hall–Kier alpha value is -4.38. The highest BCUT2D eigenvalue weighted by Crippen LogP contribution is 2.42. The second kappa shape index (κ2) is 16.8. The van der Waals surface area contributed by atoms with E-state index in [0.29, 0.717) is 30.4 Å². The Balaban J connectivity index is 1.22. The summed E-state index contributed by atoms with van der Waals surface area (Å²) in [5.41, 5.74) is 7.85. The summed E-state index contributed by atoms with van der Waals surface area (Å²) in [6.45, 7) is 0.519. The summed E-state index contributed by atoms with van der Waals surface area (Å²) in [7, 11) is 0. The first kappa shape index (κ1) is 33.0. The van der Waals surface area contributed by atoms with E-state index in [4.69, 9.17) is 9.84 Å². The minimum Gasteiger partial charge on any atom is -0.489 e. The molecule has 0 saturated heterocycles. The lowest BCUT2D eigenvalue weighted by molar-refractivity contribution is -0.137. The van der Waals surface area contributed by atoms with Crippen molar-refractivity contribution < 1.29 is 24.5 Å². The SMILES string of the molecule is O=C(O)CCCCC[C@@H](CCc1ccccc1OCc1ccc(CCc2ccccc2)cc1)C1CCCc2cc(C(=O)O)ccc21. The molecule has 0 amide bonds. The number of hydrogen-bond acceptors (Lipinski definition) is 3. The van der Waals surface area contributed by atoms with Gasteiger partial charge in [-0.1, -0.05) is 91.7 Å². The van der Waals surface area contributed by atoms with Crippen molar-refractivity contribution in [3.8, 4) is 5.75 Å². The van der Waals surface area contributed by atoms with Gasteiger partial charge in [0.25, 0.3) is 0 Å². The van der Waals surface area contributed by atoms with E-state index in [2.05, 4.69) is 72.8 Å². The third kappa shape index (κ3) is 9.56. The first-order valence-corrected chi connectivity index (χ1v) is 16.9. The van der Waals surface area contributed by atoms with Crippen molar-refractivity contribution in [2.24, 2.45) is 5.92 Å². The average molecular weight is 619 g/mol. The molecule has 1 aliphatic rings. The maximum Gasteiger partial charge on any atom is 0.335 e. The summed E-state index contributed by atoms with van der Waals surface area (Å²) in [5.74, 6) is 0.111. The number of carboxylic acid groups (broad SMARTS) is 2. The van der Waals surface area contributed by atoms with Crippen LogP contribution in [-0.2, 0) is 37.1 Å². The van der Waals surface area contributed by atoms with Gasteiger partial charge in [-0.05, 0) is 121 Å². The Morgan fingerprint density at radius 3 is 2.22 bits per heavy atom. The van der Waals surface area contributed by atoms with Gasteiger partial charge >= 0.3 is 11.9 Å². The minimum atomic E-state index is -0.879. The van der Waals surface area contributed by atoms with Crippen LogP contribution in [0.15, 0.2) is 97.1 Å². The molecule has 0 aromatic heterocycles. The van der Waals surface area contributed by atoms with Crippen molar-refractivity contribution in [2.75, 3.05) is 0 Å². The third-order valence-electron chi connectivity index (χ3n) is 9.50. The van der Waals surface area contributed by atoms with Gasteiger partial charge in [0, 0.05) is 6.42 Å². The van der Waals surface area contributed by atoms with Crippen molar-refractivity contribution in [2.45, 2.75) is 89.6 Å². The summed E-state index contributed by atoms with van der Waals surface area (Å²) < 4.78 is 6.39. The van der Waals surface area contributed by atoms with Crippen LogP contribution in [-0.4, -0.2) is 22.2 Å². The average Bonchev–Trinajstić information content (AvgIpc) is 3.08. The summed E-state index contributed by atoms with van der Waals surface area (Å²) in [4.78, 5) is 22.7. The minimum absolute atomic E-state index is 0.218. The standard InChI is InChI=1S/C41H46O5/c42-40(43)17-6-2-5-12-33(37-15-9-14-35-28-36(41(44)45)26-27-38(35)37)24-25-34-13-7-8-16-39(34)46-29-32-22-20-31(21-23-32)19-18-30-10-3-1-4-11-30/h1,3-4,7-8,10-11,13,16,20-23,26-28,33,37H,2,5-6,9,12,14-15,17-19,24-25,29H2,(H,42,43)(H,44,45)/t33-,37?/m0/s1. The summed E-state index contributed by atoms with van der Waals surface area (Å²) >= 11 is 0. The fraction of sp³-hybridized carbons (Fsp3) is 0.366. The number of aryl methyl sites for hydroxylation is 4. The number of carboxylic acids is 2. The number of benzene rings is 4. The van der Waals surface area contributed by atoms with Crippen molar-refractivity contribution in [3.05, 3.63) is 136 Å². The van der Waals surface area contributed by atoms with Crippen LogP contribution in [0.1, 0.15) is 101 Å². The molecule has 0 heterocycles. The Bertz CT molecular complexity index is 1560. The number of unbranched alkanes of at least 4 members (excludes halogenated alkanes) is 2. The molecule has 0 bridgehead atoms. The number of aliphatic carboxylic acids is 1. The quantitative estimate of drug-likeness (QED) is 0.115. The predicted molar refractivity (Wildman–Crippen MR) is 183 cm³/mol. The largest absolute Gasteiger partial charge is 0.489 e. The van der Waals surface area contributed by atoms with Crippen LogP contribution >= 0.6 is 0 Å². The van der Waals surface area contributed by atoms with Crippen molar-refractivity contribution in [3.63, 3.8) is 0 Å². The molecule has 1 unspecified atom stereocenters. The van der Waals surface area contributed by atoms with E-state index in [1.807, 2.05) is 18.2 Å². The third-order valence-corrected chi connectivity index (χ3v) is 9.50. The van der Waals surface area contributed by atoms with Crippen LogP contribution in [0.2, 0.25) is 0 Å². The van der Waals surface area contributed by atoms with Gasteiger partial charge in [-0.2, -0.15) is 0 Å². The van der Waals surface area contributed by atoms with Crippen LogP contribution in [0.5, 0.6) is 5.75 Å². The molecule has 46 heavy (non-hydrogen) atoms. The molecule has 5 heteroatoms. The molecule has 0 fully saturated rings. The highest BCUT2D eigenvalue weighted by Gasteiger charge is 2.28. The highest BCUT2D eigenvalue weighted by atomic mass is 16.5. The molecule has 4 aromatic carbocycles. The maximum atomic E-state index is 11.6. The van der Waals surface area contributed by atoms with Crippen LogP contribution in [0, 0.1) is 5.92 Å². The monoisotopic (exact) mass is 618 g/mol. The molecular weight excluding hydrogens is 572 g/mol. The molecule has 0 spiro atoms. The van der Waals surface area contributed by atoms with E-state index in [1.165, 1.54) is 27.8 Å². The van der Waals surface area contributed by atoms with E-state index in [9.17, 15) is 14.7 Å². The van der Waals surface area contributed by atoms with Crippen LogP contribution in [0.3, 0.4) is 0 Å². The van der Waals surface area contributed by atoms with Gasteiger partial charge in [-0.15, -0.1) is 0 Å². The molecule has 5 rings (SSSR count). The Kier molecular flexibility index (Phi) is 12.0. The summed E-state index contributed by atoms with van der Waals surface area (Å²) in [6.07, 6.45) is 10.9. The van der Waals surface area contributed by atoms with Gasteiger partial charge < -0.3 is 14.9 Å². The molecular formula is C41H46O5. The zero-order valence-electron chi connectivity index (χ0n) is 26.7. The zero-order chi connectivity index (χ0) is 32.1. The Morgan fingerprint density at radius 1 is 0.739 bits per heavy atom. The van der Waals surface area contributed by atoms with E-state index >= 15 is 0 Å². The molecule has 1 aliphatic carbocycles. The van der Waals surface area contributed by atoms with Crippen molar-refractivity contribution in [1.82, 2.24) is 0 Å². The summed E-state index contributed by atoms with van der Waals surface area (Å²) in [6, 6.07) is 33.3. The van der Waals surface area contributed by atoms with Gasteiger partial charge in [0.15, 0.2) is 0 Å². The molecule has 4 aromatic rings. The van der Waals surface area contributed by atoms with Gasteiger partial charge in [0.1, 0.15) is 12.4 Å². The number of ether oxygens (including phenoxy) is 1. The lowest BCUT2D eigenvalue weighted by atomic mass is 9.72. The number of hydrogen-bond donors (Lipinski definition) is 2. The first-order valence-electron chi connectivity index (χ1n) is 16.9. The fourth-order valence-electron chi connectivity index (χ4n) is 6.97.